The normalized spacial score (nSPS) is 13.1. The number of carbonyl (C=O) groups is 2. The van der Waals surface area contributed by atoms with Crippen LogP contribution in [0, 0.1) is 0 Å². The van der Waals surface area contributed by atoms with Crippen LogP contribution in [-0.2, 0) is 19.5 Å². The molecule has 0 unspecified atom stereocenters. The zero-order valence-corrected chi connectivity index (χ0v) is 19.6. The monoisotopic (exact) mass is 492 g/mol. The van der Waals surface area contributed by atoms with Crippen molar-refractivity contribution >= 4 is 52.8 Å². The number of halogens is 2. The van der Waals surface area contributed by atoms with E-state index >= 15 is 0 Å². The van der Waals surface area contributed by atoms with Crippen molar-refractivity contribution in [3.8, 4) is 5.75 Å². The van der Waals surface area contributed by atoms with Crippen molar-refractivity contribution in [3.63, 3.8) is 0 Å². The van der Waals surface area contributed by atoms with Gasteiger partial charge in [-0.2, -0.15) is 0 Å². The number of rotatable bonds is 5. The minimum Gasteiger partial charge on any atom is -0.507 e. The number of phenols is 1. The van der Waals surface area contributed by atoms with Crippen LogP contribution in [0.4, 0.5) is 5.69 Å². The fourth-order valence-corrected chi connectivity index (χ4v) is 4.61. The zero-order valence-electron chi connectivity index (χ0n) is 17.2. The summed E-state index contributed by atoms with van der Waals surface area (Å²) in [6, 6.07) is 11.6. The highest BCUT2D eigenvalue weighted by molar-refractivity contribution is 7.13. The number of amides is 2. The van der Waals surface area contributed by atoms with Crippen LogP contribution in [0.2, 0.25) is 5.02 Å². The lowest BCUT2D eigenvalue weighted by atomic mass is 10.1. The minimum atomic E-state index is -0.438. The number of thiazole rings is 1. The third-order valence-electron chi connectivity index (χ3n) is 5.03. The van der Waals surface area contributed by atoms with Crippen LogP contribution in [-0.4, -0.2) is 40.4 Å². The summed E-state index contributed by atoms with van der Waals surface area (Å²) >= 11 is 7.23. The summed E-state index contributed by atoms with van der Waals surface area (Å²) in [6.45, 7) is 1.92. The molecule has 0 saturated heterocycles. The minimum absolute atomic E-state index is 0. The van der Waals surface area contributed by atoms with Crippen LogP contribution in [0.25, 0.3) is 0 Å². The maximum Gasteiger partial charge on any atom is 0.284 e. The molecule has 32 heavy (non-hydrogen) atoms. The Morgan fingerprint density at radius 3 is 2.78 bits per heavy atom. The van der Waals surface area contributed by atoms with E-state index in [0.29, 0.717) is 15.7 Å². The van der Waals surface area contributed by atoms with E-state index in [1.54, 1.807) is 6.07 Å². The summed E-state index contributed by atoms with van der Waals surface area (Å²) in [4.78, 5) is 33.1. The van der Waals surface area contributed by atoms with Crippen molar-refractivity contribution in [1.29, 1.82) is 0 Å². The van der Waals surface area contributed by atoms with Gasteiger partial charge in [0, 0.05) is 41.6 Å². The van der Waals surface area contributed by atoms with Gasteiger partial charge in [0.05, 0.1) is 11.3 Å². The molecule has 2 amide bonds. The van der Waals surface area contributed by atoms with Crippen LogP contribution in [0.5, 0.6) is 5.75 Å². The van der Waals surface area contributed by atoms with Gasteiger partial charge in [-0.3, -0.25) is 9.59 Å². The van der Waals surface area contributed by atoms with Gasteiger partial charge in [-0.1, -0.05) is 29.8 Å². The summed E-state index contributed by atoms with van der Waals surface area (Å²) in [5.74, 6) is -0.895. The first-order valence-electron chi connectivity index (χ1n) is 9.74. The number of carbonyl (C=O) groups excluding carboxylic acids is 2. The molecular formula is C22H22Cl2N4O3S. The van der Waals surface area contributed by atoms with Gasteiger partial charge in [0.25, 0.3) is 11.8 Å². The first-order chi connectivity index (χ1) is 14.9. The number of fused-ring (bicyclic) bond motifs is 1. The second-order valence-corrected chi connectivity index (χ2v) is 8.85. The van der Waals surface area contributed by atoms with E-state index in [0.717, 1.165) is 35.6 Å². The molecule has 0 spiro atoms. The van der Waals surface area contributed by atoms with E-state index in [9.17, 15) is 14.7 Å². The van der Waals surface area contributed by atoms with E-state index < -0.39 is 5.91 Å². The Balaban J connectivity index is 0.00000289. The molecule has 0 radical (unpaired) electrons. The van der Waals surface area contributed by atoms with Crippen LogP contribution in [0.3, 0.4) is 0 Å². The summed E-state index contributed by atoms with van der Waals surface area (Å²) in [5, 5.41) is 16.4. The number of aromatic nitrogens is 1. The van der Waals surface area contributed by atoms with Crippen LogP contribution in [0.15, 0.2) is 42.5 Å². The Labute approximate surface area is 200 Å². The average molecular weight is 493 g/mol. The molecule has 1 aliphatic heterocycles. The van der Waals surface area contributed by atoms with Crippen molar-refractivity contribution in [2.24, 2.45) is 0 Å². The van der Waals surface area contributed by atoms with E-state index in [4.69, 9.17) is 11.6 Å². The molecule has 1 aromatic heterocycles. The lowest BCUT2D eigenvalue weighted by molar-refractivity contribution is 0.0948. The fraction of sp³-hybridized carbons (Fsp3) is 0.227. The van der Waals surface area contributed by atoms with Gasteiger partial charge in [0.2, 0.25) is 0 Å². The van der Waals surface area contributed by atoms with Crippen molar-refractivity contribution in [2.75, 3.05) is 18.9 Å². The fourth-order valence-electron chi connectivity index (χ4n) is 3.36. The number of hydrogen-bond donors (Lipinski definition) is 3. The van der Waals surface area contributed by atoms with E-state index in [1.807, 2.05) is 18.2 Å². The summed E-state index contributed by atoms with van der Waals surface area (Å²) in [6.07, 6.45) is 0.843. The Morgan fingerprint density at radius 1 is 1.22 bits per heavy atom. The Morgan fingerprint density at radius 2 is 2.00 bits per heavy atom. The zero-order chi connectivity index (χ0) is 22.0. The highest BCUT2D eigenvalue weighted by Gasteiger charge is 2.22. The second-order valence-electron chi connectivity index (χ2n) is 7.33. The number of nitrogens with zero attached hydrogens (tertiary/aromatic N) is 2. The summed E-state index contributed by atoms with van der Waals surface area (Å²) in [5.41, 5.74) is 2.46. The number of para-hydroxylation sites is 1. The number of aromatic hydroxyl groups is 1. The van der Waals surface area contributed by atoms with Gasteiger partial charge < -0.3 is 20.6 Å². The molecule has 2 heterocycles. The van der Waals surface area contributed by atoms with E-state index in [2.05, 4.69) is 27.6 Å². The largest absolute Gasteiger partial charge is 0.507 e. The average Bonchev–Trinajstić information content (AvgIpc) is 3.16. The number of phenolic OH excluding ortho intramolecular Hbond substituents is 1. The van der Waals surface area contributed by atoms with Gasteiger partial charge >= 0.3 is 0 Å². The lowest BCUT2D eigenvalue weighted by Gasteiger charge is -2.20. The molecule has 0 fully saturated rings. The Hall–Kier alpha value is -2.65. The molecule has 0 bridgehead atoms. The molecule has 0 aliphatic carbocycles. The SMILES string of the molecule is CN1CCc2nc(C(=O)Nc3ccccc3CNC(=O)c3ccc(Cl)cc3O)sc2C1.Cl. The first-order valence-corrected chi connectivity index (χ1v) is 10.9. The number of benzene rings is 2. The number of likely N-dealkylation sites (N-methyl/N-ethyl adjacent to an activating group) is 1. The molecule has 3 N–H and O–H groups in total. The standard InChI is InChI=1S/C22H21ClN4O3S.ClH/c1-27-9-8-17-19(12-27)31-22(26-17)21(30)25-16-5-3-2-4-13(16)11-24-20(29)15-7-6-14(23)10-18(15)28;/h2-7,10,28H,8-9,11-12H2,1H3,(H,24,29)(H,25,30);1H. The van der Waals surface area contributed by atoms with Crippen molar-refractivity contribution < 1.29 is 14.7 Å². The van der Waals surface area contributed by atoms with Crippen molar-refractivity contribution in [3.05, 3.63) is 74.2 Å². The third-order valence-corrected chi connectivity index (χ3v) is 6.34. The molecular weight excluding hydrogens is 471 g/mol. The van der Waals surface area contributed by atoms with Crippen LogP contribution < -0.4 is 10.6 Å². The molecule has 1 aliphatic rings. The smallest absolute Gasteiger partial charge is 0.284 e. The second kappa shape index (κ2) is 10.3. The Bertz CT molecular complexity index is 1150. The quantitative estimate of drug-likeness (QED) is 0.498. The number of hydrogen-bond acceptors (Lipinski definition) is 6. The maximum absolute atomic E-state index is 12.8. The van der Waals surface area contributed by atoms with Gasteiger partial charge in [0.15, 0.2) is 5.01 Å². The maximum atomic E-state index is 12.8. The highest BCUT2D eigenvalue weighted by atomic mass is 35.5. The number of anilines is 1. The van der Waals surface area contributed by atoms with E-state index in [1.165, 1.54) is 29.5 Å². The van der Waals surface area contributed by atoms with Gasteiger partial charge in [-0.05, 0) is 36.9 Å². The third kappa shape index (κ3) is 5.39. The molecule has 4 rings (SSSR count). The van der Waals surface area contributed by atoms with Crippen LogP contribution in [0.1, 0.15) is 36.3 Å². The first kappa shape index (κ1) is 24.0. The van der Waals surface area contributed by atoms with Gasteiger partial charge in [-0.25, -0.2) is 4.98 Å². The van der Waals surface area contributed by atoms with Crippen LogP contribution >= 0.6 is 35.3 Å². The molecule has 10 heteroatoms. The molecule has 168 valence electrons. The number of nitrogens with one attached hydrogen (secondary N) is 2. The topological polar surface area (TPSA) is 94.6 Å². The lowest BCUT2D eigenvalue weighted by Crippen LogP contribution is -2.25. The molecule has 2 aromatic carbocycles. The molecule has 0 atom stereocenters. The molecule has 3 aromatic rings. The van der Waals surface area contributed by atoms with Crippen molar-refractivity contribution in [1.82, 2.24) is 15.2 Å². The summed E-state index contributed by atoms with van der Waals surface area (Å²) < 4.78 is 0. The molecule has 7 nitrogen and oxygen atoms in total. The van der Waals surface area contributed by atoms with Gasteiger partial charge in [-0.15, -0.1) is 23.7 Å². The predicted molar refractivity (Wildman–Crippen MR) is 128 cm³/mol. The molecule has 0 saturated carbocycles. The highest BCUT2D eigenvalue weighted by Crippen LogP contribution is 2.26. The summed E-state index contributed by atoms with van der Waals surface area (Å²) in [7, 11) is 2.05. The van der Waals surface area contributed by atoms with Crippen molar-refractivity contribution in [2.45, 2.75) is 19.5 Å². The predicted octanol–water partition coefficient (Wildman–Crippen LogP) is 4.09. The van der Waals surface area contributed by atoms with Gasteiger partial charge in [0.1, 0.15) is 5.75 Å². The van der Waals surface area contributed by atoms with E-state index in [-0.39, 0.29) is 36.2 Å². The Kier molecular flexibility index (Phi) is 7.73.